The summed E-state index contributed by atoms with van der Waals surface area (Å²) in [6.07, 6.45) is 2.84. The zero-order chi connectivity index (χ0) is 15.0. The minimum absolute atomic E-state index is 0.000836. The van der Waals surface area contributed by atoms with Gasteiger partial charge in [0.15, 0.2) is 7.85 Å². The normalized spacial score (nSPS) is 10.7. The Morgan fingerprint density at radius 1 is 1.38 bits per heavy atom. The molecule has 102 valence electrons. The number of carbonyl (C=O) groups is 1. The number of carbonyl (C=O) groups excluding carboxylic acids is 1. The summed E-state index contributed by atoms with van der Waals surface area (Å²) in [6, 6.07) is 3.44. The maximum absolute atomic E-state index is 11.4. The molecule has 0 saturated heterocycles. The van der Waals surface area contributed by atoms with Gasteiger partial charge in [0, 0.05) is 12.3 Å². The number of nitrogens with two attached hydrogens (primary N) is 2. The molecular formula is C11H9BN8O. The number of nitrogens with one attached hydrogen (secondary N) is 1. The van der Waals surface area contributed by atoms with Crippen LogP contribution in [0.4, 0.5) is 17.6 Å². The fraction of sp³-hybridized carbons (Fsp3) is 0. The molecule has 0 aromatic carbocycles. The predicted octanol–water partition coefficient (Wildman–Crippen LogP) is -1.26. The number of rotatable bonds is 3. The second kappa shape index (κ2) is 4.74. The molecule has 0 aliphatic carbocycles. The van der Waals surface area contributed by atoms with Crippen LogP contribution in [0.1, 0.15) is 10.4 Å². The second-order valence-corrected chi connectivity index (χ2v) is 4.15. The fourth-order valence-electron chi connectivity index (χ4n) is 1.81. The summed E-state index contributed by atoms with van der Waals surface area (Å²) >= 11 is 0. The molecule has 10 heteroatoms. The van der Waals surface area contributed by atoms with Crippen molar-refractivity contribution in [2.24, 2.45) is 5.73 Å². The minimum atomic E-state index is -0.684. The summed E-state index contributed by atoms with van der Waals surface area (Å²) < 4.78 is 1.47. The average Bonchev–Trinajstić information content (AvgIpc) is 2.87. The Labute approximate surface area is 119 Å². The molecule has 5 N–H and O–H groups in total. The van der Waals surface area contributed by atoms with Crippen LogP contribution in [0.2, 0.25) is 0 Å². The standard InChI is InChI=1S/C11H9BN8O/c12-10-18-7(3-5-1-2-16-20(5)10)17-9-6(8(13)21)4-15-11(14)19-9/h1-4H,(H2,13,21)(H3,14,15,17,19). The van der Waals surface area contributed by atoms with Crippen molar-refractivity contribution in [3.05, 3.63) is 30.1 Å². The van der Waals surface area contributed by atoms with Crippen molar-refractivity contribution in [3.63, 3.8) is 0 Å². The molecule has 0 bridgehead atoms. The highest BCUT2D eigenvalue weighted by Gasteiger charge is 2.12. The van der Waals surface area contributed by atoms with Gasteiger partial charge >= 0.3 is 0 Å². The van der Waals surface area contributed by atoms with Gasteiger partial charge in [0.1, 0.15) is 17.2 Å². The Balaban J connectivity index is 2.05. The van der Waals surface area contributed by atoms with E-state index in [1.54, 1.807) is 18.3 Å². The average molecular weight is 280 g/mol. The van der Waals surface area contributed by atoms with Gasteiger partial charge in [-0.05, 0) is 6.07 Å². The molecule has 0 aliphatic rings. The monoisotopic (exact) mass is 280 g/mol. The van der Waals surface area contributed by atoms with E-state index >= 15 is 0 Å². The van der Waals surface area contributed by atoms with Crippen LogP contribution >= 0.6 is 0 Å². The lowest BCUT2D eigenvalue weighted by atomic mass is 10.1. The third-order valence-electron chi connectivity index (χ3n) is 2.73. The molecule has 3 aromatic rings. The van der Waals surface area contributed by atoms with Crippen molar-refractivity contribution < 1.29 is 4.79 Å². The van der Waals surface area contributed by atoms with Gasteiger partial charge in [-0.25, -0.2) is 14.5 Å². The first-order valence-corrected chi connectivity index (χ1v) is 5.84. The van der Waals surface area contributed by atoms with E-state index in [1.807, 2.05) is 0 Å². The van der Waals surface area contributed by atoms with Gasteiger partial charge in [-0.3, -0.25) is 4.79 Å². The van der Waals surface area contributed by atoms with Gasteiger partial charge in [-0.2, -0.15) is 10.1 Å². The van der Waals surface area contributed by atoms with Gasteiger partial charge in [0.05, 0.1) is 17.4 Å². The van der Waals surface area contributed by atoms with E-state index < -0.39 is 5.91 Å². The van der Waals surface area contributed by atoms with Crippen molar-refractivity contribution in [3.8, 4) is 0 Å². The van der Waals surface area contributed by atoms with Crippen LogP contribution in [0.5, 0.6) is 0 Å². The Morgan fingerprint density at radius 2 is 2.19 bits per heavy atom. The summed E-state index contributed by atoms with van der Waals surface area (Å²) in [4.78, 5) is 23.1. The first-order valence-electron chi connectivity index (χ1n) is 5.84. The van der Waals surface area contributed by atoms with Gasteiger partial charge in [-0.15, -0.1) is 0 Å². The van der Waals surface area contributed by atoms with Crippen molar-refractivity contribution >= 4 is 42.6 Å². The maximum Gasteiger partial charge on any atom is 0.254 e. The lowest BCUT2D eigenvalue weighted by Crippen LogP contribution is -2.21. The SMILES string of the molecule is [B]c1nc(Nc2nc(N)ncc2C(N)=O)cc2ccnn12. The lowest BCUT2D eigenvalue weighted by Gasteiger charge is -2.10. The van der Waals surface area contributed by atoms with Gasteiger partial charge < -0.3 is 16.8 Å². The van der Waals surface area contributed by atoms with Crippen LogP contribution < -0.4 is 22.5 Å². The van der Waals surface area contributed by atoms with Gasteiger partial charge in [0.2, 0.25) is 5.95 Å². The van der Waals surface area contributed by atoms with Crippen LogP contribution in [0.3, 0.4) is 0 Å². The molecule has 0 aliphatic heterocycles. The van der Waals surface area contributed by atoms with Gasteiger partial charge in [-0.1, -0.05) is 0 Å². The molecule has 0 spiro atoms. The molecule has 2 radical (unpaired) electrons. The molecule has 0 unspecified atom stereocenters. The molecule has 9 nitrogen and oxygen atoms in total. The number of nitrogens with zero attached hydrogens (tertiary/aromatic N) is 5. The molecule has 0 fully saturated rings. The highest BCUT2D eigenvalue weighted by Crippen LogP contribution is 2.17. The third-order valence-corrected chi connectivity index (χ3v) is 2.73. The van der Waals surface area contributed by atoms with Crippen LogP contribution in [-0.2, 0) is 0 Å². The van der Waals surface area contributed by atoms with E-state index in [0.717, 1.165) is 5.52 Å². The van der Waals surface area contributed by atoms with Crippen LogP contribution in [0, 0.1) is 0 Å². The summed E-state index contributed by atoms with van der Waals surface area (Å²) in [6.45, 7) is 0. The summed E-state index contributed by atoms with van der Waals surface area (Å²) in [5.74, 6) is -0.149. The van der Waals surface area contributed by atoms with Crippen LogP contribution in [0.15, 0.2) is 24.5 Å². The quantitative estimate of drug-likeness (QED) is 0.509. The fourth-order valence-corrected chi connectivity index (χ4v) is 1.81. The predicted molar refractivity (Wildman–Crippen MR) is 76.6 cm³/mol. The molecule has 3 rings (SSSR count). The Kier molecular flexibility index (Phi) is 2.90. The van der Waals surface area contributed by atoms with E-state index in [9.17, 15) is 4.79 Å². The number of nitrogen functional groups attached to an aromatic ring is 1. The number of fused-ring (bicyclic) bond motifs is 1. The van der Waals surface area contributed by atoms with Crippen molar-refractivity contribution in [2.45, 2.75) is 0 Å². The Bertz CT molecular complexity index is 845. The van der Waals surface area contributed by atoms with E-state index in [0.29, 0.717) is 5.82 Å². The highest BCUT2D eigenvalue weighted by molar-refractivity contribution is 6.29. The maximum atomic E-state index is 11.4. The van der Waals surface area contributed by atoms with E-state index in [1.165, 1.54) is 10.7 Å². The number of anilines is 3. The molecular weight excluding hydrogens is 271 g/mol. The van der Waals surface area contributed by atoms with Crippen molar-refractivity contribution in [1.82, 2.24) is 24.6 Å². The largest absolute Gasteiger partial charge is 0.368 e. The molecule has 3 aromatic heterocycles. The number of hydrogen-bond donors (Lipinski definition) is 3. The second-order valence-electron chi connectivity index (χ2n) is 4.15. The zero-order valence-electron chi connectivity index (χ0n) is 10.7. The highest BCUT2D eigenvalue weighted by atomic mass is 16.1. The van der Waals surface area contributed by atoms with Crippen molar-refractivity contribution in [2.75, 3.05) is 11.1 Å². The summed E-state index contributed by atoms with van der Waals surface area (Å²) in [5, 5.41) is 6.86. The first kappa shape index (κ1) is 12.8. The van der Waals surface area contributed by atoms with Crippen molar-refractivity contribution in [1.29, 1.82) is 0 Å². The smallest absolute Gasteiger partial charge is 0.254 e. The number of primary amides is 1. The zero-order valence-corrected chi connectivity index (χ0v) is 10.7. The molecule has 0 atom stereocenters. The lowest BCUT2D eigenvalue weighted by molar-refractivity contribution is 0.100. The molecule has 1 amide bonds. The van der Waals surface area contributed by atoms with Crippen LogP contribution in [-0.4, -0.2) is 38.3 Å². The van der Waals surface area contributed by atoms with Crippen LogP contribution in [0.25, 0.3) is 5.52 Å². The topological polar surface area (TPSA) is 137 Å². The number of amides is 1. The van der Waals surface area contributed by atoms with Gasteiger partial charge in [0.25, 0.3) is 5.91 Å². The minimum Gasteiger partial charge on any atom is -0.368 e. The summed E-state index contributed by atoms with van der Waals surface area (Å²) in [7, 11) is 5.78. The Morgan fingerprint density at radius 3 is 2.95 bits per heavy atom. The molecule has 0 saturated carbocycles. The molecule has 21 heavy (non-hydrogen) atoms. The van der Waals surface area contributed by atoms with E-state index in [4.69, 9.17) is 19.3 Å². The molecule has 3 heterocycles. The number of aromatic nitrogens is 5. The first-order chi connectivity index (χ1) is 10.0. The summed E-state index contributed by atoms with van der Waals surface area (Å²) in [5.41, 5.74) is 11.8. The van der Waals surface area contributed by atoms with E-state index in [-0.39, 0.29) is 23.1 Å². The van der Waals surface area contributed by atoms with E-state index in [2.05, 4.69) is 25.4 Å². The Hall–Kier alpha value is -3.17. The third kappa shape index (κ3) is 2.33. The number of hydrogen-bond acceptors (Lipinski definition) is 7.